The molecule has 0 radical (unpaired) electrons. The lowest BCUT2D eigenvalue weighted by Crippen LogP contribution is -2.04. The molecule has 4 aromatic rings. The number of hydrogen-bond acceptors (Lipinski definition) is 3. The number of pyridine rings is 2. The first-order chi connectivity index (χ1) is 17.2. The van der Waals surface area contributed by atoms with Gasteiger partial charge in [0, 0.05) is 31.2 Å². The van der Waals surface area contributed by atoms with E-state index in [0.29, 0.717) is 5.92 Å². The van der Waals surface area contributed by atoms with Crippen LogP contribution >= 0.6 is 0 Å². The molecule has 4 rings (SSSR count). The standard InChI is InChI=1S/C30H32N2O.C2H6/c1-23(20-28-13-17-32-18-14-28)19-25-5-7-26(8-6-25)21-29-22-27(9-10-30(29)33-2)4-3-24-11-15-31-16-12-24;1-2/h5-18,22-23H,3-4,19-21H2,1-2H3;1-2H3. The van der Waals surface area contributed by atoms with Gasteiger partial charge in [0.15, 0.2) is 0 Å². The third-order valence-electron chi connectivity index (χ3n) is 6.13. The molecular weight excluding hydrogens is 428 g/mol. The van der Waals surface area contributed by atoms with Crippen LogP contribution in [0.4, 0.5) is 0 Å². The molecule has 2 heterocycles. The molecule has 0 amide bonds. The molecular formula is C32H38N2O. The van der Waals surface area contributed by atoms with Crippen LogP contribution < -0.4 is 4.74 Å². The van der Waals surface area contributed by atoms with Crippen LogP contribution in [0.5, 0.6) is 5.75 Å². The highest BCUT2D eigenvalue weighted by atomic mass is 16.5. The van der Waals surface area contributed by atoms with Crippen LogP contribution in [0.1, 0.15) is 54.2 Å². The minimum absolute atomic E-state index is 0.593. The molecule has 0 saturated heterocycles. The highest BCUT2D eigenvalue weighted by molar-refractivity contribution is 5.41. The number of aryl methyl sites for hydroxylation is 2. The lowest BCUT2D eigenvalue weighted by molar-refractivity contribution is 0.410. The minimum atomic E-state index is 0.593. The number of aromatic nitrogens is 2. The second kappa shape index (κ2) is 14.1. The SMILES string of the molecule is CC.COc1ccc(CCc2ccncc2)cc1Cc1ccc(CC(C)Cc2ccncc2)cc1. The molecule has 3 nitrogen and oxygen atoms in total. The molecule has 182 valence electrons. The van der Waals surface area contributed by atoms with Crippen LogP contribution in [-0.2, 0) is 32.1 Å². The number of nitrogens with zero attached hydrogens (tertiary/aromatic N) is 2. The van der Waals surface area contributed by atoms with E-state index in [1.807, 2.05) is 38.6 Å². The maximum atomic E-state index is 5.66. The van der Waals surface area contributed by atoms with E-state index in [4.69, 9.17) is 4.74 Å². The summed E-state index contributed by atoms with van der Waals surface area (Å²) >= 11 is 0. The van der Waals surface area contributed by atoms with Crippen molar-refractivity contribution in [3.8, 4) is 5.75 Å². The molecule has 3 heteroatoms. The minimum Gasteiger partial charge on any atom is -0.496 e. The zero-order valence-corrected chi connectivity index (χ0v) is 21.6. The summed E-state index contributed by atoms with van der Waals surface area (Å²) in [5.41, 5.74) is 7.94. The van der Waals surface area contributed by atoms with E-state index in [-0.39, 0.29) is 0 Å². The van der Waals surface area contributed by atoms with Gasteiger partial charge in [-0.05, 0) is 95.3 Å². The molecule has 35 heavy (non-hydrogen) atoms. The van der Waals surface area contributed by atoms with Crippen molar-refractivity contribution in [1.82, 2.24) is 9.97 Å². The number of hydrogen-bond donors (Lipinski definition) is 0. The van der Waals surface area contributed by atoms with Crippen LogP contribution in [0.25, 0.3) is 0 Å². The van der Waals surface area contributed by atoms with Crippen LogP contribution in [-0.4, -0.2) is 17.1 Å². The van der Waals surface area contributed by atoms with E-state index in [9.17, 15) is 0 Å². The van der Waals surface area contributed by atoms with Crippen LogP contribution in [0.2, 0.25) is 0 Å². The summed E-state index contributed by atoms with van der Waals surface area (Å²) < 4.78 is 5.66. The molecule has 0 spiro atoms. The van der Waals surface area contributed by atoms with Crippen molar-refractivity contribution in [2.45, 2.75) is 52.9 Å². The van der Waals surface area contributed by atoms with Crippen molar-refractivity contribution in [3.05, 3.63) is 125 Å². The van der Waals surface area contributed by atoms with Crippen LogP contribution in [0.15, 0.2) is 91.5 Å². The molecule has 0 saturated carbocycles. The smallest absolute Gasteiger partial charge is 0.122 e. The van der Waals surface area contributed by atoms with Gasteiger partial charge in [-0.15, -0.1) is 0 Å². The predicted molar refractivity (Wildman–Crippen MR) is 146 cm³/mol. The lowest BCUT2D eigenvalue weighted by Gasteiger charge is -2.13. The molecule has 0 bridgehead atoms. The van der Waals surface area contributed by atoms with Crippen molar-refractivity contribution in [1.29, 1.82) is 0 Å². The van der Waals surface area contributed by atoms with Gasteiger partial charge in [-0.2, -0.15) is 0 Å². The summed E-state index contributed by atoms with van der Waals surface area (Å²) in [6.45, 7) is 6.32. The monoisotopic (exact) mass is 466 g/mol. The molecule has 0 aliphatic heterocycles. The first kappa shape index (κ1) is 26.2. The maximum absolute atomic E-state index is 5.66. The van der Waals surface area contributed by atoms with Crippen molar-refractivity contribution in [2.75, 3.05) is 7.11 Å². The Bertz CT molecular complexity index is 1130. The zero-order chi connectivity index (χ0) is 24.9. The van der Waals surface area contributed by atoms with Crippen LogP contribution in [0.3, 0.4) is 0 Å². The van der Waals surface area contributed by atoms with E-state index < -0.39 is 0 Å². The third-order valence-corrected chi connectivity index (χ3v) is 6.13. The Morgan fingerprint density at radius 2 is 1.11 bits per heavy atom. The molecule has 0 fully saturated rings. The number of ether oxygens (including phenoxy) is 1. The van der Waals surface area contributed by atoms with Gasteiger partial charge in [0.2, 0.25) is 0 Å². The summed E-state index contributed by atoms with van der Waals surface area (Å²) in [7, 11) is 1.75. The average Bonchev–Trinajstić information content (AvgIpc) is 2.91. The van der Waals surface area contributed by atoms with E-state index in [2.05, 4.69) is 83.6 Å². The fraction of sp³-hybridized carbons (Fsp3) is 0.312. The number of methoxy groups -OCH3 is 1. The normalized spacial score (nSPS) is 11.3. The maximum Gasteiger partial charge on any atom is 0.122 e. The number of rotatable bonds is 10. The summed E-state index contributed by atoms with van der Waals surface area (Å²) in [6, 6.07) is 24.0. The van der Waals surface area contributed by atoms with Crippen molar-refractivity contribution >= 4 is 0 Å². The molecule has 2 aromatic carbocycles. The molecule has 0 N–H and O–H groups in total. The van der Waals surface area contributed by atoms with Gasteiger partial charge in [-0.25, -0.2) is 0 Å². The fourth-order valence-corrected chi connectivity index (χ4v) is 4.37. The largest absolute Gasteiger partial charge is 0.496 e. The molecule has 1 unspecified atom stereocenters. The Morgan fingerprint density at radius 3 is 1.71 bits per heavy atom. The molecule has 0 aliphatic carbocycles. The van der Waals surface area contributed by atoms with E-state index in [0.717, 1.165) is 37.9 Å². The molecule has 0 aliphatic rings. The van der Waals surface area contributed by atoms with Crippen molar-refractivity contribution in [2.24, 2.45) is 5.92 Å². The Labute approximate surface area is 211 Å². The van der Waals surface area contributed by atoms with Crippen LogP contribution in [0, 0.1) is 5.92 Å². The van der Waals surface area contributed by atoms with Gasteiger partial charge in [-0.1, -0.05) is 57.2 Å². The fourth-order valence-electron chi connectivity index (χ4n) is 4.37. The summed E-state index contributed by atoms with van der Waals surface area (Å²) in [4.78, 5) is 8.22. The van der Waals surface area contributed by atoms with E-state index in [1.54, 1.807) is 7.11 Å². The third kappa shape index (κ3) is 8.36. The lowest BCUT2D eigenvalue weighted by atomic mass is 9.93. The predicted octanol–water partition coefficient (Wildman–Crippen LogP) is 7.31. The second-order valence-corrected chi connectivity index (χ2v) is 8.86. The highest BCUT2D eigenvalue weighted by Gasteiger charge is 2.09. The van der Waals surface area contributed by atoms with Gasteiger partial charge in [0.1, 0.15) is 5.75 Å². The van der Waals surface area contributed by atoms with Gasteiger partial charge < -0.3 is 4.74 Å². The molecule has 2 aromatic heterocycles. The average molecular weight is 467 g/mol. The quantitative estimate of drug-likeness (QED) is 0.246. The van der Waals surface area contributed by atoms with Crippen molar-refractivity contribution < 1.29 is 4.74 Å². The Balaban J connectivity index is 0.00000167. The number of benzene rings is 2. The van der Waals surface area contributed by atoms with Gasteiger partial charge in [-0.3, -0.25) is 9.97 Å². The first-order valence-corrected chi connectivity index (χ1v) is 12.7. The summed E-state index contributed by atoms with van der Waals surface area (Å²) in [5, 5.41) is 0. The summed E-state index contributed by atoms with van der Waals surface area (Å²) in [6.07, 6.45) is 12.5. The second-order valence-electron chi connectivity index (χ2n) is 8.86. The highest BCUT2D eigenvalue weighted by Crippen LogP contribution is 2.24. The van der Waals surface area contributed by atoms with E-state index >= 15 is 0 Å². The Hall–Kier alpha value is -3.46. The topological polar surface area (TPSA) is 35.0 Å². The first-order valence-electron chi connectivity index (χ1n) is 12.7. The Morgan fingerprint density at radius 1 is 0.629 bits per heavy atom. The van der Waals surface area contributed by atoms with Gasteiger partial charge >= 0.3 is 0 Å². The Kier molecular flexibility index (Phi) is 10.5. The molecule has 1 atom stereocenters. The van der Waals surface area contributed by atoms with Crippen molar-refractivity contribution in [3.63, 3.8) is 0 Å². The van der Waals surface area contributed by atoms with E-state index in [1.165, 1.54) is 33.4 Å². The zero-order valence-electron chi connectivity index (χ0n) is 21.6. The summed E-state index contributed by atoms with van der Waals surface area (Å²) in [5.74, 6) is 1.55. The van der Waals surface area contributed by atoms with Gasteiger partial charge in [0.25, 0.3) is 0 Å². The van der Waals surface area contributed by atoms with Gasteiger partial charge in [0.05, 0.1) is 7.11 Å².